The zero-order valence-corrected chi connectivity index (χ0v) is 15.6. The van der Waals surface area contributed by atoms with E-state index in [-0.39, 0.29) is 30.4 Å². The molecule has 3 rings (SSSR count). The Morgan fingerprint density at radius 3 is 2.63 bits per heavy atom. The molecule has 146 valence electrons. The fraction of sp³-hybridized carbons (Fsp3) is 0.500. The quantitative estimate of drug-likeness (QED) is 0.688. The van der Waals surface area contributed by atoms with Gasteiger partial charge in [0, 0.05) is 6.54 Å². The van der Waals surface area contributed by atoms with E-state index in [0.29, 0.717) is 26.0 Å². The number of hydroxylamine groups is 2. The minimum absolute atomic E-state index is 0.0615. The number of fused-ring (bicyclic) bond motifs is 2. The number of nitrogens with zero attached hydrogens (tertiary/aromatic N) is 3. The zero-order valence-electron chi connectivity index (χ0n) is 15.6. The Morgan fingerprint density at radius 1 is 1.19 bits per heavy atom. The molecule has 27 heavy (non-hydrogen) atoms. The van der Waals surface area contributed by atoms with Crippen molar-refractivity contribution in [3.63, 3.8) is 0 Å². The van der Waals surface area contributed by atoms with Crippen LogP contribution in [0.5, 0.6) is 0 Å². The van der Waals surface area contributed by atoms with Gasteiger partial charge in [-0.25, -0.2) is 4.79 Å². The predicted octanol–water partition coefficient (Wildman–Crippen LogP) is 0.0958. The lowest BCUT2D eigenvalue weighted by Gasteiger charge is -2.29. The van der Waals surface area contributed by atoms with Gasteiger partial charge in [-0.1, -0.05) is 30.3 Å². The van der Waals surface area contributed by atoms with Gasteiger partial charge in [0.15, 0.2) is 0 Å². The summed E-state index contributed by atoms with van der Waals surface area (Å²) in [6.45, 7) is 0.905. The second-order valence-electron chi connectivity index (χ2n) is 7.04. The highest BCUT2D eigenvalue weighted by Crippen LogP contribution is 2.30. The van der Waals surface area contributed by atoms with Crippen molar-refractivity contribution < 1.29 is 19.2 Å². The topological polar surface area (TPSA) is 94.2 Å². The Bertz CT molecular complexity index is 696. The SMILES string of the molecule is CN(C)CC(=O)NNC(=O)[C@@H]1CC[C@H]2CN1C(=O)N2OCc1ccccc1. The minimum atomic E-state index is -0.612. The second kappa shape index (κ2) is 8.36. The third kappa shape index (κ3) is 4.55. The van der Waals surface area contributed by atoms with E-state index in [4.69, 9.17) is 4.84 Å². The van der Waals surface area contributed by atoms with Crippen LogP contribution in [0.15, 0.2) is 30.3 Å². The van der Waals surface area contributed by atoms with Crippen LogP contribution < -0.4 is 10.9 Å². The Kier molecular flexibility index (Phi) is 5.92. The molecule has 2 atom stereocenters. The Morgan fingerprint density at radius 2 is 1.93 bits per heavy atom. The van der Waals surface area contributed by atoms with E-state index < -0.39 is 6.04 Å². The normalized spacial score (nSPS) is 21.5. The Hall–Kier alpha value is -2.65. The summed E-state index contributed by atoms with van der Waals surface area (Å²) in [7, 11) is 3.52. The molecule has 2 aliphatic rings. The lowest BCUT2D eigenvalue weighted by molar-refractivity contribution is -0.140. The summed E-state index contributed by atoms with van der Waals surface area (Å²) in [5, 5.41) is 1.38. The summed E-state index contributed by atoms with van der Waals surface area (Å²) in [5.74, 6) is -0.707. The van der Waals surface area contributed by atoms with E-state index in [1.807, 2.05) is 30.3 Å². The molecule has 1 aromatic carbocycles. The van der Waals surface area contributed by atoms with Crippen LogP contribution in [0.2, 0.25) is 0 Å². The molecule has 1 aromatic rings. The summed E-state index contributed by atoms with van der Waals surface area (Å²) in [5.41, 5.74) is 5.77. The van der Waals surface area contributed by atoms with E-state index >= 15 is 0 Å². The number of nitrogens with one attached hydrogen (secondary N) is 2. The summed E-state index contributed by atoms with van der Waals surface area (Å²) in [6, 6.07) is 8.62. The minimum Gasteiger partial charge on any atom is -0.309 e. The van der Waals surface area contributed by atoms with Gasteiger partial charge in [0.2, 0.25) is 0 Å². The van der Waals surface area contributed by atoms with Crippen molar-refractivity contribution in [3.8, 4) is 0 Å². The molecule has 4 amide bonds. The van der Waals surface area contributed by atoms with Crippen molar-refractivity contribution in [1.82, 2.24) is 25.7 Å². The van der Waals surface area contributed by atoms with Gasteiger partial charge >= 0.3 is 6.03 Å². The molecule has 2 N–H and O–H groups in total. The maximum absolute atomic E-state index is 12.7. The van der Waals surface area contributed by atoms with Crippen LogP contribution in [-0.4, -0.2) is 72.0 Å². The Balaban J connectivity index is 1.54. The maximum atomic E-state index is 12.7. The van der Waals surface area contributed by atoms with Crippen molar-refractivity contribution >= 4 is 17.8 Å². The van der Waals surface area contributed by atoms with Crippen molar-refractivity contribution in [3.05, 3.63) is 35.9 Å². The number of hydrogen-bond acceptors (Lipinski definition) is 5. The summed E-state index contributed by atoms with van der Waals surface area (Å²) in [6.07, 6.45) is 1.19. The molecule has 2 bridgehead atoms. The number of hydrazine groups is 1. The van der Waals surface area contributed by atoms with Gasteiger partial charge in [0.25, 0.3) is 11.8 Å². The van der Waals surface area contributed by atoms with Gasteiger partial charge in [-0.2, -0.15) is 5.06 Å². The number of carbonyl (C=O) groups is 3. The molecule has 0 saturated carbocycles. The number of carbonyl (C=O) groups excluding carboxylic acids is 3. The number of hydrogen-bond donors (Lipinski definition) is 2. The first-order valence-electron chi connectivity index (χ1n) is 8.96. The molecule has 0 radical (unpaired) electrons. The first-order valence-corrected chi connectivity index (χ1v) is 8.96. The third-order valence-electron chi connectivity index (χ3n) is 4.62. The monoisotopic (exact) mass is 375 g/mol. The second-order valence-corrected chi connectivity index (χ2v) is 7.04. The molecule has 0 unspecified atom stereocenters. The maximum Gasteiger partial charge on any atom is 0.345 e. The van der Waals surface area contributed by atoms with E-state index in [9.17, 15) is 14.4 Å². The number of rotatable bonds is 6. The van der Waals surface area contributed by atoms with Crippen LogP contribution in [0.1, 0.15) is 18.4 Å². The van der Waals surface area contributed by atoms with Crippen LogP contribution in [0.3, 0.4) is 0 Å². The van der Waals surface area contributed by atoms with Gasteiger partial charge in [-0.3, -0.25) is 25.3 Å². The van der Waals surface area contributed by atoms with Crippen LogP contribution >= 0.6 is 0 Å². The molecule has 0 spiro atoms. The van der Waals surface area contributed by atoms with E-state index in [1.165, 1.54) is 9.96 Å². The predicted molar refractivity (Wildman–Crippen MR) is 96.8 cm³/mol. The fourth-order valence-electron chi connectivity index (χ4n) is 3.33. The molecule has 0 aromatic heterocycles. The van der Waals surface area contributed by atoms with Gasteiger partial charge in [-0.15, -0.1) is 0 Å². The summed E-state index contributed by atoms with van der Waals surface area (Å²) in [4.78, 5) is 45.7. The van der Waals surface area contributed by atoms with E-state index in [0.717, 1.165) is 5.56 Å². The van der Waals surface area contributed by atoms with E-state index in [2.05, 4.69) is 10.9 Å². The van der Waals surface area contributed by atoms with Crippen LogP contribution in [0, 0.1) is 0 Å². The average molecular weight is 375 g/mol. The van der Waals surface area contributed by atoms with Crippen LogP contribution in [0.4, 0.5) is 4.79 Å². The largest absolute Gasteiger partial charge is 0.345 e. The molecule has 9 nitrogen and oxygen atoms in total. The first-order chi connectivity index (χ1) is 13.0. The average Bonchev–Trinajstić information content (AvgIpc) is 2.89. The lowest BCUT2D eigenvalue weighted by atomic mass is 10.0. The molecular formula is C18H25N5O4. The van der Waals surface area contributed by atoms with Gasteiger partial charge in [-0.05, 0) is 32.5 Å². The third-order valence-corrected chi connectivity index (χ3v) is 4.62. The molecule has 2 fully saturated rings. The number of benzene rings is 1. The highest BCUT2D eigenvalue weighted by molar-refractivity contribution is 5.90. The molecule has 2 aliphatic heterocycles. The fourth-order valence-corrected chi connectivity index (χ4v) is 3.33. The standard InChI is InChI=1S/C18H25N5O4/c1-21(2)11-16(24)19-20-17(25)15-9-8-14-10-22(15)18(26)23(14)27-12-13-6-4-3-5-7-13/h3-7,14-15H,8-12H2,1-2H3,(H,19,24)(H,20,25)/t14-,15-/m0/s1. The van der Waals surface area contributed by atoms with E-state index in [1.54, 1.807) is 19.0 Å². The van der Waals surface area contributed by atoms with Crippen molar-refractivity contribution in [1.29, 1.82) is 0 Å². The number of piperidine rings is 1. The van der Waals surface area contributed by atoms with Crippen LogP contribution in [0.25, 0.3) is 0 Å². The van der Waals surface area contributed by atoms with Crippen molar-refractivity contribution in [2.24, 2.45) is 0 Å². The summed E-state index contributed by atoms with van der Waals surface area (Å²) >= 11 is 0. The zero-order chi connectivity index (χ0) is 19.4. The molecule has 2 heterocycles. The van der Waals surface area contributed by atoms with Crippen molar-refractivity contribution in [2.75, 3.05) is 27.2 Å². The van der Waals surface area contributed by atoms with Gasteiger partial charge in [0.05, 0.1) is 12.6 Å². The summed E-state index contributed by atoms with van der Waals surface area (Å²) < 4.78 is 0. The van der Waals surface area contributed by atoms with Gasteiger partial charge in [0.1, 0.15) is 12.6 Å². The molecule has 0 aliphatic carbocycles. The van der Waals surface area contributed by atoms with Crippen LogP contribution in [-0.2, 0) is 21.0 Å². The number of likely N-dealkylation sites (N-methyl/N-ethyl adjacent to an activating group) is 1. The number of amides is 4. The molecule has 9 heteroatoms. The highest BCUT2D eigenvalue weighted by atomic mass is 16.7. The van der Waals surface area contributed by atoms with Crippen molar-refractivity contribution in [2.45, 2.75) is 31.5 Å². The smallest absolute Gasteiger partial charge is 0.309 e. The lowest BCUT2D eigenvalue weighted by Crippen LogP contribution is -2.55. The number of urea groups is 1. The van der Waals surface area contributed by atoms with Gasteiger partial charge < -0.3 is 9.80 Å². The molecule has 2 saturated heterocycles. The Labute approximate surface area is 158 Å². The molecular weight excluding hydrogens is 350 g/mol. The highest BCUT2D eigenvalue weighted by Gasteiger charge is 2.47. The first kappa shape index (κ1) is 19.1.